The molecule has 1 atom stereocenters. The van der Waals surface area contributed by atoms with Crippen molar-refractivity contribution in [1.29, 1.82) is 0 Å². The Labute approximate surface area is 154 Å². The minimum atomic E-state index is -0.345. The molecule has 1 heterocycles. The number of nitrogens with one attached hydrogen (secondary N) is 1. The number of benzene rings is 2. The Bertz CT molecular complexity index is 786. The summed E-state index contributed by atoms with van der Waals surface area (Å²) < 4.78 is 5.61. The molecule has 1 fully saturated rings. The van der Waals surface area contributed by atoms with Crippen LogP contribution in [0, 0.1) is 12.8 Å². The maximum Gasteiger partial charge on any atom is 0.227 e. The smallest absolute Gasteiger partial charge is 0.227 e. The van der Waals surface area contributed by atoms with Crippen LogP contribution in [0.25, 0.3) is 0 Å². The third-order valence-electron chi connectivity index (χ3n) is 4.54. The zero-order valence-electron chi connectivity index (χ0n) is 15.2. The highest BCUT2D eigenvalue weighted by molar-refractivity contribution is 6.01. The first-order chi connectivity index (χ1) is 12.6. The van der Waals surface area contributed by atoms with Crippen LogP contribution in [0.1, 0.15) is 24.5 Å². The number of hydrogen-bond donors (Lipinski definition) is 1. The number of para-hydroxylation sites is 2. The number of ether oxygens (including phenoxy) is 1. The standard InChI is InChI=1S/C21H24N2O3/c1-3-26-19-7-5-4-6-18(19)23-14-17(12-20(23)24)21(25)22-13-16-10-8-15(2)9-11-16/h4-11,17H,3,12-14H2,1-2H3,(H,22,25). The predicted molar refractivity (Wildman–Crippen MR) is 101 cm³/mol. The third-order valence-corrected chi connectivity index (χ3v) is 4.54. The van der Waals surface area contributed by atoms with Crippen LogP contribution in [0.2, 0.25) is 0 Å². The quantitative estimate of drug-likeness (QED) is 0.869. The zero-order valence-corrected chi connectivity index (χ0v) is 15.2. The van der Waals surface area contributed by atoms with Gasteiger partial charge in [0, 0.05) is 19.5 Å². The van der Waals surface area contributed by atoms with Crippen molar-refractivity contribution in [1.82, 2.24) is 5.32 Å². The number of nitrogens with zero attached hydrogens (tertiary/aromatic N) is 1. The van der Waals surface area contributed by atoms with Crippen molar-refractivity contribution < 1.29 is 14.3 Å². The maximum absolute atomic E-state index is 12.5. The molecule has 0 radical (unpaired) electrons. The van der Waals surface area contributed by atoms with E-state index in [9.17, 15) is 9.59 Å². The Balaban J connectivity index is 1.64. The van der Waals surface area contributed by atoms with E-state index in [0.717, 1.165) is 11.3 Å². The van der Waals surface area contributed by atoms with Gasteiger partial charge in [0.25, 0.3) is 0 Å². The zero-order chi connectivity index (χ0) is 18.5. The highest BCUT2D eigenvalue weighted by atomic mass is 16.5. The molecule has 2 amide bonds. The van der Waals surface area contributed by atoms with Gasteiger partial charge in [0.15, 0.2) is 0 Å². The minimum absolute atomic E-state index is 0.0485. The second-order valence-corrected chi connectivity index (χ2v) is 6.51. The SMILES string of the molecule is CCOc1ccccc1N1CC(C(=O)NCc2ccc(C)cc2)CC1=O. The fourth-order valence-corrected chi connectivity index (χ4v) is 3.11. The normalized spacial score (nSPS) is 16.6. The molecule has 1 aliphatic rings. The average Bonchev–Trinajstić information content (AvgIpc) is 3.03. The van der Waals surface area contributed by atoms with Crippen LogP contribution < -0.4 is 15.0 Å². The van der Waals surface area contributed by atoms with Crippen LogP contribution in [0.15, 0.2) is 48.5 Å². The summed E-state index contributed by atoms with van der Waals surface area (Å²) in [7, 11) is 0. The summed E-state index contributed by atoms with van der Waals surface area (Å²) >= 11 is 0. The molecule has 26 heavy (non-hydrogen) atoms. The van der Waals surface area contributed by atoms with Gasteiger partial charge in [-0.3, -0.25) is 9.59 Å². The molecule has 0 spiro atoms. The van der Waals surface area contributed by atoms with Crippen LogP contribution in [0.3, 0.4) is 0 Å². The highest BCUT2D eigenvalue weighted by Gasteiger charge is 2.36. The van der Waals surface area contributed by atoms with Crippen molar-refractivity contribution >= 4 is 17.5 Å². The van der Waals surface area contributed by atoms with Gasteiger partial charge in [0.1, 0.15) is 5.75 Å². The fourth-order valence-electron chi connectivity index (χ4n) is 3.11. The van der Waals surface area contributed by atoms with Crippen molar-refractivity contribution in [3.63, 3.8) is 0 Å². The molecule has 0 aliphatic carbocycles. The Morgan fingerprint density at radius 3 is 2.65 bits per heavy atom. The Morgan fingerprint density at radius 2 is 1.92 bits per heavy atom. The Kier molecular flexibility index (Phi) is 5.56. The van der Waals surface area contributed by atoms with Crippen LogP contribution in [-0.4, -0.2) is 25.0 Å². The second kappa shape index (κ2) is 8.04. The predicted octanol–water partition coefficient (Wildman–Crippen LogP) is 3.06. The lowest BCUT2D eigenvalue weighted by molar-refractivity contribution is -0.126. The van der Waals surface area contributed by atoms with Crippen molar-refractivity contribution in [2.45, 2.75) is 26.8 Å². The van der Waals surface area contributed by atoms with Gasteiger partial charge in [-0.25, -0.2) is 0 Å². The highest BCUT2D eigenvalue weighted by Crippen LogP contribution is 2.33. The molecule has 5 heteroatoms. The maximum atomic E-state index is 12.5. The summed E-state index contributed by atoms with van der Waals surface area (Å²) in [6.07, 6.45) is 0.222. The van der Waals surface area contributed by atoms with Gasteiger partial charge >= 0.3 is 0 Å². The van der Waals surface area contributed by atoms with E-state index < -0.39 is 0 Å². The molecule has 1 saturated heterocycles. The molecule has 2 aromatic rings. The number of aryl methyl sites for hydroxylation is 1. The van der Waals surface area contributed by atoms with Crippen LogP contribution in [0.5, 0.6) is 5.75 Å². The van der Waals surface area contributed by atoms with Gasteiger partial charge in [-0.05, 0) is 31.5 Å². The number of hydrogen-bond acceptors (Lipinski definition) is 3. The molecule has 0 bridgehead atoms. The molecule has 0 aromatic heterocycles. The number of anilines is 1. The molecule has 1 aliphatic heterocycles. The van der Waals surface area contributed by atoms with Crippen molar-refractivity contribution in [2.24, 2.45) is 5.92 Å². The lowest BCUT2D eigenvalue weighted by Crippen LogP contribution is -2.32. The van der Waals surface area contributed by atoms with E-state index in [1.807, 2.05) is 62.4 Å². The summed E-state index contributed by atoms with van der Waals surface area (Å²) in [6, 6.07) is 15.5. The topological polar surface area (TPSA) is 58.6 Å². The van der Waals surface area contributed by atoms with Crippen molar-refractivity contribution in [3.05, 3.63) is 59.7 Å². The average molecular weight is 352 g/mol. The number of carbonyl (C=O) groups is 2. The molecule has 1 unspecified atom stereocenters. The summed E-state index contributed by atoms with van der Waals surface area (Å²) in [5.41, 5.74) is 2.96. The second-order valence-electron chi connectivity index (χ2n) is 6.51. The summed E-state index contributed by atoms with van der Waals surface area (Å²) in [5.74, 6) is 0.189. The number of amides is 2. The van der Waals surface area contributed by atoms with Gasteiger partial charge in [0.05, 0.1) is 18.2 Å². The summed E-state index contributed by atoms with van der Waals surface area (Å²) in [5, 5.41) is 2.94. The number of carbonyl (C=O) groups excluding carboxylic acids is 2. The molecule has 0 saturated carbocycles. The van der Waals surface area contributed by atoms with Crippen LogP contribution in [0.4, 0.5) is 5.69 Å². The van der Waals surface area contributed by atoms with Gasteiger partial charge in [-0.15, -0.1) is 0 Å². The lowest BCUT2D eigenvalue weighted by Gasteiger charge is -2.20. The van der Waals surface area contributed by atoms with Crippen molar-refractivity contribution in [2.75, 3.05) is 18.1 Å². The first-order valence-corrected chi connectivity index (χ1v) is 8.94. The molecular formula is C21H24N2O3. The molecule has 136 valence electrons. The van der Waals surface area contributed by atoms with Gasteiger partial charge < -0.3 is 15.0 Å². The van der Waals surface area contributed by atoms with E-state index in [1.165, 1.54) is 5.56 Å². The summed E-state index contributed by atoms with van der Waals surface area (Å²) in [4.78, 5) is 26.6. The van der Waals surface area contributed by atoms with Gasteiger partial charge in [0.2, 0.25) is 11.8 Å². The minimum Gasteiger partial charge on any atom is -0.492 e. The number of rotatable bonds is 6. The van der Waals surface area contributed by atoms with E-state index in [-0.39, 0.29) is 24.2 Å². The van der Waals surface area contributed by atoms with Crippen LogP contribution in [-0.2, 0) is 16.1 Å². The van der Waals surface area contributed by atoms with E-state index in [4.69, 9.17) is 4.74 Å². The van der Waals surface area contributed by atoms with Gasteiger partial charge in [-0.2, -0.15) is 0 Å². The molecule has 1 N–H and O–H groups in total. The lowest BCUT2D eigenvalue weighted by atomic mass is 10.1. The molecule has 2 aromatic carbocycles. The van der Waals surface area contributed by atoms with E-state index in [2.05, 4.69) is 5.32 Å². The van der Waals surface area contributed by atoms with E-state index in [0.29, 0.717) is 25.4 Å². The van der Waals surface area contributed by atoms with E-state index >= 15 is 0 Å². The summed E-state index contributed by atoms with van der Waals surface area (Å²) in [6.45, 7) is 5.31. The third kappa shape index (κ3) is 4.04. The monoisotopic (exact) mass is 352 g/mol. The first-order valence-electron chi connectivity index (χ1n) is 8.94. The van der Waals surface area contributed by atoms with E-state index in [1.54, 1.807) is 4.90 Å². The Morgan fingerprint density at radius 1 is 1.19 bits per heavy atom. The fraction of sp³-hybridized carbons (Fsp3) is 0.333. The van der Waals surface area contributed by atoms with Crippen molar-refractivity contribution in [3.8, 4) is 5.75 Å². The van der Waals surface area contributed by atoms with Gasteiger partial charge in [-0.1, -0.05) is 42.0 Å². The van der Waals surface area contributed by atoms with Crippen LogP contribution >= 0.6 is 0 Å². The first kappa shape index (κ1) is 18.0. The molecule has 3 rings (SSSR count). The largest absolute Gasteiger partial charge is 0.492 e. The Hall–Kier alpha value is -2.82. The molecular weight excluding hydrogens is 328 g/mol. The molecule has 5 nitrogen and oxygen atoms in total.